The van der Waals surface area contributed by atoms with Gasteiger partial charge >= 0.3 is 0 Å². The Bertz CT molecular complexity index is 397. The minimum atomic E-state index is 0.736. The summed E-state index contributed by atoms with van der Waals surface area (Å²) < 4.78 is 8.91. The number of benzene rings is 1. The summed E-state index contributed by atoms with van der Waals surface area (Å²) in [5.41, 5.74) is 0.854. The second-order valence-electron chi connectivity index (χ2n) is 2.42. The molecule has 0 spiro atoms. The summed E-state index contributed by atoms with van der Waals surface area (Å²) in [5.74, 6) is 0. The van der Waals surface area contributed by atoms with Gasteiger partial charge in [-0.25, -0.2) is 0 Å². The normalized spacial score (nSPS) is 10.4. The molecule has 0 saturated heterocycles. The number of rotatable bonds is 1. The molecule has 2 rings (SSSR count). The molecule has 60 valence electrons. The molecule has 1 aromatic carbocycles. The van der Waals surface area contributed by atoms with Crippen LogP contribution in [0.2, 0.25) is 0 Å². The lowest BCUT2D eigenvalue weighted by Crippen LogP contribution is -1.79. The highest BCUT2D eigenvalue weighted by atomic mass is 32.2. The summed E-state index contributed by atoms with van der Waals surface area (Å²) in [6.07, 6.45) is 1.72. The van der Waals surface area contributed by atoms with E-state index in [0.717, 1.165) is 27.8 Å². The van der Waals surface area contributed by atoms with Gasteiger partial charge in [-0.2, -0.15) is 0 Å². The van der Waals surface area contributed by atoms with Gasteiger partial charge in [-0.1, -0.05) is 18.2 Å². The van der Waals surface area contributed by atoms with Gasteiger partial charge in [0.25, 0.3) is 0 Å². The van der Waals surface area contributed by atoms with Crippen molar-refractivity contribution >= 4 is 22.9 Å². The zero-order valence-electron chi connectivity index (χ0n) is 6.27. The van der Waals surface area contributed by atoms with E-state index in [0.29, 0.717) is 0 Å². The molecule has 0 saturated carbocycles. The summed E-state index contributed by atoms with van der Waals surface area (Å²) in [6, 6.07) is 9.58. The van der Waals surface area contributed by atoms with Gasteiger partial charge in [-0.15, -0.1) is 0 Å². The third-order valence-corrected chi connectivity index (χ3v) is 2.22. The fraction of sp³-hybridized carbons (Fsp3) is 0. The van der Waals surface area contributed by atoms with E-state index in [1.165, 1.54) is 0 Å². The van der Waals surface area contributed by atoms with Crippen LogP contribution in [-0.2, 0) is 0 Å². The Kier molecular flexibility index (Phi) is 1.98. The first kappa shape index (κ1) is 7.58. The molecule has 1 aromatic heterocycles. The highest BCUT2D eigenvalue weighted by Gasteiger charge is 1.99. The molecule has 2 nitrogen and oxygen atoms in total. The molecule has 2 aromatic rings. The van der Waals surface area contributed by atoms with E-state index in [4.69, 9.17) is 4.55 Å². The first-order valence-electron chi connectivity index (χ1n) is 3.57. The minimum Gasteiger partial charge on any atom is -0.325 e. The number of pyridine rings is 1. The van der Waals surface area contributed by atoms with E-state index in [-0.39, 0.29) is 0 Å². The summed E-state index contributed by atoms with van der Waals surface area (Å²) in [7, 11) is 0. The van der Waals surface area contributed by atoms with Gasteiger partial charge in [0, 0.05) is 23.6 Å². The van der Waals surface area contributed by atoms with Crippen molar-refractivity contribution in [1.82, 2.24) is 4.98 Å². The molecule has 1 N–H and O–H groups in total. The van der Waals surface area contributed by atoms with Crippen LogP contribution in [-0.4, -0.2) is 9.54 Å². The number of para-hydroxylation sites is 1. The third kappa shape index (κ3) is 1.17. The molecule has 0 unspecified atom stereocenters. The highest BCUT2D eigenvalue weighted by Crippen LogP contribution is 2.23. The van der Waals surface area contributed by atoms with Crippen LogP contribution >= 0.6 is 12.0 Å². The summed E-state index contributed by atoms with van der Waals surface area (Å²) in [4.78, 5) is 4.97. The van der Waals surface area contributed by atoms with Gasteiger partial charge in [0.2, 0.25) is 0 Å². The Labute approximate surface area is 74.5 Å². The van der Waals surface area contributed by atoms with E-state index >= 15 is 0 Å². The quantitative estimate of drug-likeness (QED) is 0.680. The third-order valence-electron chi connectivity index (χ3n) is 1.69. The van der Waals surface area contributed by atoms with Crippen molar-refractivity contribution in [2.24, 2.45) is 0 Å². The Morgan fingerprint density at radius 3 is 2.83 bits per heavy atom. The van der Waals surface area contributed by atoms with E-state index in [2.05, 4.69) is 4.98 Å². The average molecular weight is 177 g/mol. The molecular formula is C9H7NOS. The Balaban J connectivity index is 2.79. The molecule has 0 fully saturated rings. The molecule has 0 aliphatic heterocycles. The van der Waals surface area contributed by atoms with E-state index in [9.17, 15) is 0 Å². The second-order valence-corrected chi connectivity index (χ2v) is 3.04. The molecular weight excluding hydrogens is 170 g/mol. The first-order valence-corrected chi connectivity index (χ1v) is 4.34. The highest BCUT2D eigenvalue weighted by molar-refractivity contribution is 7.94. The molecule has 0 radical (unpaired) electrons. The van der Waals surface area contributed by atoms with Crippen LogP contribution in [0.25, 0.3) is 10.9 Å². The fourth-order valence-electron chi connectivity index (χ4n) is 1.15. The molecule has 0 bridgehead atoms. The Morgan fingerprint density at radius 1 is 1.17 bits per heavy atom. The van der Waals surface area contributed by atoms with Crippen molar-refractivity contribution in [3.63, 3.8) is 0 Å². The monoisotopic (exact) mass is 177 g/mol. The van der Waals surface area contributed by atoms with Gasteiger partial charge in [0.1, 0.15) is 0 Å². The van der Waals surface area contributed by atoms with Gasteiger partial charge in [-0.3, -0.25) is 4.98 Å². The van der Waals surface area contributed by atoms with Gasteiger partial charge in [0.15, 0.2) is 0 Å². The number of aromatic nitrogens is 1. The molecule has 0 aliphatic carbocycles. The zero-order chi connectivity index (χ0) is 8.39. The molecule has 12 heavy (non-hydrogen) atoms. The largest absolute Gasteiger partial charge is 0.325 e. The second kappa shape index (κ2) is 3.13. The summed E-state index contributed by atoms with van der Waals surface area (Å²) in [5, 5.41) is 1.05. The van der Waals surface area contributed by atoms with Crippen molar-refractivity contribution in [2.45, 2.75) is 4.90 Å². The van der Waals surface area contributed by atoms with Crippen LogP contribution in [0.1, 0.15) is 0 Å². The smallest absolute Gasteiger partial charge is 0.0860 e. The maximum absolute atomic E-state index is 8.91. The van der Waals surface area contributed by atoms with Gasteiger partial charge in [0.05, 0.1) is 10.4 Å². The van der Waals surface area contributed by atoms with Crippen molar-refractivity contribution in [3.05, 3.63) is 36.5 Å². The van der Waals surface area contributed by atoms with E-state index in [1.54, 1.807) is 6.20 Å². The number of nitrogens with zero attached hydrogens (tertiary/aromatic N) is 1. The van der Waals surface area contributed by atoms with E-state index < -0.39 is 0 Å². The molecule has 3 heteroatoms. The number of hydrogen-bond donors (Lipinski definition) is 1. The standard InChI is InChI=1S/C9H7NOS/c11-12-8-5-1-3-7-4-2-6-10-9(7)8/h1-6,11H. The Morgan fingerprint density at radius 2 is 2.00 bits per heavy atom. The predicted molar refractivity (Wildman–Crippen MR) is 50.2 cm³/mol. The van der Waals surface area contributed by atoms with Crippen LogP contribution < -0.4 is 0 Å². The van der Waals surface area contributed by atoms with Gasteiger partial charge in [-0.05, 0) is 12.1 Å². The minimum absolute atomic E-state index is 0.736. The topological polar surface area (TPSA) is 33.1 Å². The summed E-state index contributed by atoms with van der Waals surface area (Å²) >= 11 is 0.736. The number of fused-ring (bicyclic) bond motifs is 1. The average Bonchev–Trinajstić information content (AvgIpc) is 2.17. The van der Waals surface area contributed by atoms with Crippen molar-refractivity contribution in [1.29, 1.82) is 0 Å². The van der Waals surface area contributed by atoms with Crippen LogP contribution in [0.15, 0.2) is 41.4 Å². The Hall–Kier alpha value is -1.06. The maximum atomic E-state index is 8.91. The van der Waals surface area contributed by atoms with E-state index in [1.807, 2.05) is 30.3 Å². The van der Waals surface area contributed by atoms with Gasteiger partial charge < -0.3 is 4.55 Å². The van der Waals surface area contributed by atoms with Crippen molar-refractivity contribution in [3.8, 4) is 0 Å². The van der Waals surface area contributed by atoms with Crippen molar-refractivity contribution in [2.75, 3.05) is 0 Å². The lowest BCUT2D eigenvalue weighted by Gasteiger charge is -1.99. The van der Waals surface area contributed by atoms with Crippen LogP contribution in [0.4, 0.5) is 0 Å². The van der Waals surface area contributed by atoms with Crippen molar-refractivity contribution < 1.29 is 4.55 Å². The maximum Gasteiger partial charge on any atom is 0.0860 e. The molecule has 0 aliphatic rings. The fourth-order valence-corrected chi connectivity index (χ4v) is 1.55. The predicted octanol–water partition coefficient (Wildman–Crippen LogP) is 2.80. The van der Waals surface area contributed by atoms with Crippen LogP contribution in [0, 0.1) is 0 Å². The van der Waals surface area contributed by atoms with Crippen LogP contribution in [0.5, 0.6) is 0 Å². The molecule has 0 amide bonds. The lowest BCUT2D eigenvalue weighted by molar-refractivity contribution is 0.664. The molecule has 0 atom stereocenters. The SMILES string of the molecule is OSc1cccc2cccnc12. The van der Waals surface area contributed by atoms with Crippen LogP contribution in [0.3, 0.4) is 0 Å². The number of hydrogen-bond acceptors (Lipinski definition) is 3. The lowest BCUT2D eigenvalue weighted by atomic mass is 10.2. The summed E-state index contributed by atoms with van der Waals surface area (Å²) in [6.45, 7) is 0. The zero-order valence-corrected chi connectivity index (χ0v) is 7.08. The first-order chi connectivity index (χ1) is 5.92. The molecule has 1 heterocycles.